The predicted octanol–water partition coefficient (Wildman–Crippen LogP) is 1.60. The molecule has 0 atom stereocenters. The molecule has 0 saturated heterocycles. The Kier molecular flexibility index (Phi) is 10.7. The van der Waals surface area contributed by atoms with Crippen molar-refractivity contribution in [3.63, 3.8) is 0 Å². The maximum absolute atomic E-state index is 11.4. The van der Waals surface area contributed by atoms with E-state index in [1.165, 1.54) is 13.0 Å². The highest BCUT2D eigenvalue weighted by Gasteiger charge is 1.98. The van der Waals surface area contributed by atoms with Gasteiger partial charge >= 0.3 is 5.97 Å². The Bertz CT molecular complexity index is 489. The van der Waals surface area contributed by atoms with Gasteiger partial charge in [0.25, 0.3) is 0 Å². The van der Waals surface area contributed by atoms with Gasteiger partial charge in [-0.1, -0.05) is 12.1 Å². The summed E-state index contributed by atoms with van der Waals surface area (Å²) in [5.74, 6) is -0.559. The quantitative estimate of drug-likeness (QED) is 0.430. The second kappa shape index (κ2) is 11.7. The van der Waals surface area contributed by atoms with Gasteiger partial charge in [-0.05, 0) is 23.8 Å². The number of amides is 1. The van der Waals surface area contributed by atoms with Gasteiger partial charge in [0, 0.05) is 25.2 Å². The normalized spacial score (nSPS) is 10.1. The van der Waals surface area contributed by atoms with Crippen LogP contribution in [0.4, 0.5) is 5.69 Å². The Hall–Kier alpha value is -1.89. The molecule has 6 nitrogen and oxygen atoms in total. The Labute approximate surface area is 136 Å². The molecule has 0 fully saturated rings. The van der Waals surface area contributed by atoms with Crippen molar-refractivity contribution < 1.29 is 19.1 Å². The second-order valence-electron chi connectivity index (χ2n) is 4.21. The van der Waals surface area contributed by atoms with Crippen molar-refractivity contribution in [1.29, 1.82) is 0 Å². The maximum atomic E-state index is 11.4. The number of carbonyl (C=O) groups is 2. The van der Waals surface area contributed by atoms with Crippen LogP contribution in [0.5, 0.6) is 0 Å². The number of benzene rings is 1. The van der Waals surface area contributed by atoms with Crippen LogP contribution in [0, 0.1) is 0 Å². The zero-order valence-electron chi connectivity index (χ0n) is 12.4. The van der Waals surface area contributed by atoms with E-state index >= 15 is 0 Å². The molecule has 0 heterocycles. The summed E-state index contributed by atoms with van der Waals surface area (Å²) in [5.41, 5.74) is 6.79. The highest BCUT2D eigenvalue weighted by molar-refractivity contribution is 5.89. The van der Waals surface area contributed by atoms with Gasteiger partial charge in [-0.25, -0.2) is 4.79 Å². The highest BCUT2D eigenvalue weighted by atomic mass is 35.5. The van der Waals surface area contributed by atoms with Crippen molar-refractivity contribution in [3.8, 4) is 0 Å². The van der Waals surface area contributed by atoms with E-state index in [-0.39, 0.29) is 24.9 Å². The van der Waals surface area contributed by atoms with Crippen LogP contribution in [0.1, 0.15) is 12.5 Å². The lowest BCUT2D eigenvalue weighted by atomic mass is 10.2. The van der Waals surface area contributed by atoms with Gasteiger partial charge in [0.15, 0.2) is 0 Å². The third-order valence-corrected chi connectivity index (χ3v) is 2.38. The summed E-state index contributed by atoms with van der Waals surface area (Å²) in [6, 6.07) is 7.10. The van der Waals surface area contributed by atoms with Crippen molar-refractivity contribution in [2.75, 3.05) is 31.7 Å². The van der Waals surface area contributed by atoms with E-state index in [1.54, 1.807) is 30.3 Å². The van der Waals surface area contributed by atoms with Crippen molar-refractivity contribution in [2.24, 2.45) is 5.73 Å². The number of anilines is 1. The number of hydrogen-bond acceptors (Lipinski definition) is 5. The molecule has 7 heteroatoms. The van der Waals surface area contributed by atoms with Crippen molar-refractivity contribution >= 4 is 36.0 Å². The number of hydrogen-bond donors (Lipinski definition) is 2. The SMILES string of the molecule is CC(=O)Nc1ccc(/C=C/C(=O)OCCOCCN)cc1.Cl. The van der Waals surface area contributed by atoms with Crippen LogP contribution in [0.25, 0.3) is 6.08 Å². The molecule has 0 aliphatic rings. The molecule has 0 saturated carbocycles. The molecule has 0 aliphatic carbocycles. The van der Waals surface area contributed by atoms with Gasteiger partial charge < -0.3 is 20.5 Å². The molecular weight excluding hydrogens is 308 g/mol. The summed E-state index contributed by atoms with van der Waals surface area (Å²) >= 11 is 0. The molecule has 0 spiro atoms. The summed E-state index contributed by atoms with van der Waals surface area (Å²) < 4.78 is 10.0. The molecular formula is C15H21ClN2O4. The minimum atomic E-state index is -0.433. The first kappa shape index (κ1) is 20.1. The minimum Gasteiger partial charge on any atom is -0.460 e. The first-order chi connectivity index (χ1) is 10.1. The van der Waals surface area contributed by atoms with Crippen LogP contribution < -0.4 is 11.1 Å². The standard InChI is InChI=1S/C15H20N2O4.ClH/c1-12(18)17-14-5-2-13(3-6-14)4-7-15(19)21-11-10-20-9-8-16;/h2-7H,8-11,16H2,1H3,(H,17,18);1H/b7-4+;. The van der Waals surface area contributed by atoms with Crippen molar-refractivity contribution in [3.05, 3.63) is 35.9 Å². The molecule has 0 aromatic heterocycles. The van der Waals surface area contributed by atoms with Crippen molar-refractivity contribution in [2.45, 2.75) is 6.92 Å². The van der Waals surface area contributed by atoms with Gasteiger partial charge in [-0.3, -0.25) is 4.79 Å². The third kappa shape index (κ3) is 9.12. The van der Waals surface area contributed by atoms with Crippen molar-refractivity contribution in [1.82, 2.24) is 0 Å². The fourth-order valence-corrected chi connectivity index (χ4v) is 1.48. The fraction of sp³-hybridized carbons (Fsp3) is 0.333. The third-order valence-electron chi connectivity index (χ3n) is 2.38. The first-order valence-electron chi connectivity index (χ1n) is 6.62. The first-order valence-corrected chi connectivity index (χ1v) is 6.62. The molecule has 1 rings (SSSR count). The molecule has 0 aliphatic heterocycles. The van der Waals surface area contributed by atoms with E-state index in [4.69, 9.17) is 15.2 Å². The maximum Gasteiger partial charge on any atom is 0.330 e. The number of rotatable bonds is 8. The number of halogens is 1. The Morgan fingerprint density at radius 2 is 1.86 bits per heavy atom. The van der Waals surface area contributed by atoms with E-state index in [0.717, 1.165) is 5.56 Å². The summed E-state index contributed by atoms with van der Waals surface area (Å²) in [6.45, 7) is 2.88. The van der Waals surface area contributed by atoms with Gasteiger partial charge in [0.2, 0.25) is 5.91 Å². The molecule has 0 unspecified atom stereocenters. The second-order valence-corrected chi connectivity index (χ2v) is 4.21. The highest BCUT2D eigenvalue weighted by Crippen LogP contribution is 2.10. The number of esters is 1. The molecule has 3 N–H and O–H groups in total. The molecule has 122 valence electrons. The molecule has 0 bridgehead atoms. The topological polar surface area (TPSA) is 90.7 Å². The average Bonchev–Trinajstić information content (AvgIpc) is 2.46. The lowest BCUT2D eigenvalue weighted by Crippen LogP contribution is -2.13. The van der Waals surface area contributed by atoms with Gasteiger partial charge in [-0.15, -0.1) is 12.4 Å². The number of carbonyl (C=O) groups excluding carboxylic acids is 2. The molecule has 0 radical (unpaired) electrons. The predicted molar refractivity (Wildman–Crippen MR) is 87.9 cm³/mol. The molecule has 1 amide bonds. The van der Waals surface area contributed by atoms with Gasteiger partial charge in [0.1, 0.15) is 6.61 Å². The zero-order valence-corrected chi connectivity index (χ0v) is 13.2. The van der Waals surface area contributed by atoms with Gasteiger partial charge in [0.05, 0.1) is 13.2 Å². The zero-order chi connectivity index (χ0) is 15.5. The Morgan fingerprint density at radius 1 is 1.18 bits per heavy atom. The van der Waals surface area contributed by atoms with E-state index in [1.807, 2.05) is 0 Å². The lowest BCUT2D eigenvalue weighted by Gasteiger charge is -2.03. The molecule has 1 aromatic rings. The number of nitrogens with one attached hydrogen (secondary N) is 1. The summed E-state index contributed by atoms with van der Waals surface area (Å²) in [4.78, 5) is 22.3. The number of ether oxygens (including phenoxy) is 2. The average molecular weight is 329 g/mol. The number of nitrogens with two attached hydrogens (primary N) is 1. The Balaban J connectivity index is 0.00000441. The summed E-state index contributed by atoms with van der Waals surface area (Å²) in [7, 11) is 0. The van der Waals surface area contributed by atoms with Crippen LogP contribution in [0.2, 0.25) is 0 Å². The summed E-state index contributed by atoms with van der Waals surface area (Å²) in [5, 5.41) is 2.66. The summed E-state index contributed by atoms with van der Waals surface area (Å²) in [6.07, 6.45) is 2.98. The monoisotopic (exact) mass is 328 g/mol. The molecule has 22 heavy (non-hydrogen) atoms. The van der Waals surface area contributed by atoms with E-state index in [9.17, 15) is 9.59 Å². The van der Waals surface area contributed by atoms with Crippen LogP contribution in [0.15, 0.2) is 30.3 Å². The Morgan fingerprint density at radius 3 is 2.45 bits per heavy atom. The van der Waals surface area contributed by atoms with Crippen LogP contribution in [0.3, 0.4) is 0 Å². The largest absolute Gasteiger partial charge is 0.460 e. The van der Waals surface area contributed by atoms with Gasteiger partial charge in [-0.2, -0.15) is 0 Å². The minimum absolute atomic E-state index is 0. The van der Waals surface area contributed by atoms with E-state index in [2.05, 4.69) is 5.32 Å². The van der Waals surface area contributed by atoms with E-state index < -0.39 is 5.97 Å². The van der Waals surface area contributed by atoms with Crippen LogP contribution in [-0.4, -0.2) is 38.2 Å². The molecule has 1 aromatic carbocycles. The lowest BCUT2D eigenvalue weighted by molar-refractivity contribution is -0.139. The smallest absolute Gasteiger partial charge is 0.330 e. The fourth-order valence-electron chi connectivity index (χ4n) is 1.48. The van der Waals surface area contributed by atoms with Crippen LogP contribution >= 0.6 is 12.4 Å². The van der Waals surface area contributed by atoms with E-state index in [0.29, 0.717) is 25.4 Å². The van der Waals surface area contributed by atoms with Crippen LogP contribution in [-0.2, 0) is 19.1 Å².